The molecule has 2 N–H and O–H groups in total. The third kappa shape index (κ3) is 5.54. The number of hydrogen-bond donors (Lipinski definition) is 2. The maximum atomic E-state index is 14.8. The van der Waals surface area contributed by atoms with Gasteiger partial charge in [-0.2, -0.15) is 4.98 Å². The number of hydrogen-bond acceptors (Lipinski definition) is 6. The predicted molar refractivity (Wildman–Crippen MR) is 141 cm³/mol. The van der Waals surface area contributed by atoms with Crippen LogP contribution >= 0.6 is 11.6 Å². The maximum Gasteiger partial charge on any atom is 0.341 e. The molecule has 0 aliphatic heterocycles. The summed E-state index contributed by atoms with van der Waals surface area (Å²) < 4.78 is 22.4. The van der Waals surface area contributed by atoms with E-state index >= 15 is 0 Å². The fourth-order valence-electron chi connectivity index (χ4n) is 4.24. The van der Waals surface area contributed by atoms with Gasteiger partial charge in [0, 0.05) is 36.1 Å². The highest BCUT2D eigenvalue weighted by Crippen LogP contribution is 2.34. The predicted octanol–water partition coefficient (Wildman–Crippen LogP) is 5.03. The van der Waals surface area contributed by atoms with Crippen LogP contribution in [0.15, 0.2) is 59.8 Å². The number of pyridine rings is 3. The number of fused-ring (bicyclic) bond motifs is 1. The number of aliphatic hydroxyl groups excluding tert-OH is 1. The van der Waals surface area contributed by atoms with E-state index in [2.05, 4.69) is 9.97 Å². The Morgan fingerprint density at radius 2 is 1.97 bits per heavy atom. The zero-order valence-electron chi connectivity index (χ0n) is 21.1. The Hall–Kier alpha value is -3.82. The van der Waals surface area contributed by atoms with Crippen molar-refractivity contribution in [2.24, 2.45) is 5.41 Å². The summed E-state index contributed by atoms with van der Waals surface area (Å²) in [7, 11) is 0. The summed E-state index contributed by atoms with van der Waals surface area (Å²) >= 11 is 5.98. The Bertz CT molecular complexity index is 1550. The second-order valence-corrected chi connectivity index (χ2v) is 10.4. The van der Waals surface area contributed by atoms with Crippen LogP contribution in [0.25, 0.3) is 11.0 Å². The molecule has 10 heteroatoms. The number of carbonyl (C=O) groups is 1. The number of benzene rings is 1. The molecule has 0 radical (unpaired) electrons. The largest absolute Gasteiger partial charge is 0.477 e. The van der Waals surface area contributed by atoms with E-state index in [1.807, 2.05) is 26.8 Å². The van der Waals surface area contributed by atoms with Crippen LogP contribution in [0.4, 0.5) is 4.39 Å². The normalized spacial score (nSPS) is 12.5. The smallest absolute Gasteiger partial charge is 0.341 e. The lowest BCUT2D eigenvalue weighted by Crippen LogP contribution is -2.31. The van der Waals surface area contributed by atoms with Gasteiger partial charge in [-0.25, -0.2) is 9.18 Å². The highest BCUT2D eigenvalue weighted by Gasteiger charge is 2.29. The number of rotatable bonds is 8. The van der Waals surface area contributed by atoms with E-state index in [4.69, 9.17) is 16.3 Å². The minimum Gasteiger partial charge on any atom is -0.477 e. The molecule has 0 bridgehead atoms. The number of aromatic nitrogens is 3. The van der Waals surface area contributed by atoms with Crippen molar-refractivity contribution in [3.05, 3.63) is 98.3 Å². The van der Waals surface area contributed by atoms with Gasteiger partial charge in [0.2, 0.25) is 11.3 Å². The summed E-state index contributed by atoms with van der Waals surface area (Å²) in [5.41, 5.74) is -0.207. The molecule has 198 valence electrons. The fraction of sp³-hybridized carbons (Fsp3) is 0.286. The third-order valence-electron chi connectivity index (χ3n) is 6.29. The monoisotopic (exact) mass is 539 g/mol. The molecular weight excluding hydrogens is 513 g/mol. The lowest BCUT2D eigenvalue weighted by Gasteiger charge is -2.32. The van der Waals surface area contributed by atoms with Gasteiger partial charge in [-0.05, 0) is 29.2 Å². The van der Waals surface area contributed by atoms with Crippen LogP contribution in [0.3, 0.4) is 0 Å². The first kappa shape index (κ1) is 27.2. The van der Waals surface area contributed by atoms with Gasteiger partial charge in [0.25, 0.3) is 0 Å². The van der Waals surface area contributed by atoms with Crippen molar-refractivity contribution in [1.29, 1.82) is 0 Å². The topological polar surface area (TPSA) is 115 Å². The van der Waals surface area contributed by atoms with E-state index in [0.29, 0.717) is 5.56 Å². The molecule has 0 fully saturated rings. The number of carboxylic acid groups (broad SMARTS) is 1. The zero-order chi connectivity index (χ0) is 27.6. The molecule has 0 spiro atoms. The van der Waals surface area contributed by atoms with Crippen molar-refractivity contribution < 1.29 is 24.1 Å². The summed E-state index contributed by atoms with van der Waals surface area (Å²) in [6, 6.07) is 9.04. The summed E-state index contributed by atoms with van der Waals surface area (Å²) in [6.07, 6.45) is 4.45. The Labute approximate surface area is 223 Å². The van der Waals surface area contributed by atoms with Crippen molar-refractivity contribution in [2.45, 2.75) is 39.8 Å². The third-order valence-corrected chi connectivity index (χ3v) is 6.59. The first-order valence-corrected chi connectivity index (χ1v) is 12.3. The van der Waals surface area contributed by atoms with E-state index in [1.165, 1.54) is 22.9 Å². The van der Waals surface area contributed by atoms with Crippen molar-refractivity contribution in [3.63, 3.8) is 0 Å². The van der Waals surface area contributed by atoms with Crippen LogP contribution in [0, 0.1) is 11.2 Å². The highest BCUT2D eigenvalue weighted by atomic mass is 35.5. The molecule has 4 rings (SSSR count). The van der Waals surface area contributed by atoms with Gasteiger partial charge in [-0.1, -0.05) is 50.6 Å². The SMILES string of the molecule is CC(C)(C)C(CO)n1cc(C(=O)O)c(=O)c2cc(Cc3cccc(Cl)c3F)c(OCc3cccnc3)nc21. The standard InChI is InChI=1S/C28H27ClFN3O5/c1-28(2,3)22(14-34)33-13-20(27(36)37)24(35)19-11-18(10-17-7-4-8-21(29)23(17)30)26(32-25(19)33)38-15-16-6-5-9-31-12-16/h4-9,11-13,22,34H,10,14-15H2,1-3H3,(H,36,37). The second-order valence-electron chi connectivity index (χ2n) is 10.0. The van der Waals surface area contributed by atoms with Crippen molar-refractivity contribution in [2.75, 3.05) is 6.61 Å². The molecule has 0 amide bonds. The average molecular weight is 540 g/mol. The molecular formula is C28H27ClFN3O5. The Morgan fingerprint density at radius 1 is 1.21 bits per heavy atom. The lowest BCUT2D eigenvalue weighted by molar-refractivity contribution is 0.0692. The van der Waals surface area contributed by atoms with Gasteiger partial charge >= 0.3 is 5.97 Å². The molecule has 1 unspecified atom stereocenters. The Morgan fingerprint density at radius 3 is 2.61 bits per heavy atom. The molecule has 38 heavy (non-hydrogen) atoms. The number of nitrogens with zero attached hydrogens (tertiary/aromatic N) is 3. The number of halogens is 2. The van der Waals surface area contributed by atoms with Crippen molar-refractivity contribution >= 4 is 28.6 Å². The van der Waals surface area contributed by atoms with E-state index in [9.17, 15) is 24.2 Å². The molecule has 1 aromatic carbocycles. The van der Waals surface area contributed by atoms with E-state index < -0.39 is 34.2 Å². The van der Waals surface area contributed by atoms with Crippen molar-refractivity contribution in [3.8, 4) is 5.88 Å². The average Bonchev–Trinajstić information content (AvgIpc) is 2.87. The van der Waals surface area contributed by atoms with E-state index in [-0.39, 0.29) is 47.1 Å². The van der Waals surface area contributed by atoms with Crippen LogP contribution < -0.4 is 10.2 Å². The highest BCUT2D eigenvalue weighted by molar-refractivity contribution is 6.30. The van der Waals surface area contributed by atoms with Gasteiger partial charge in [0.05, 0.1) is 23.1 Å². The summed E-state index contributed by atoms with van der Waals surface area (Å²) in [5.74, 6) is -1.89. The molecule has 3 aromatic heterocycles. The van der Waals surface area contributed by atoms with Gasteiger partial charge in [0.1, 0.15) is 23.6 Å². The Balaban J connectivity index is 1.98. The summed E-state index contributed by atoms with van der Waals surface area (Å²) in [5, 5.41) is 19.9. The van der Waals surface area contributed by atoms with Crippen LogP contribution in [0.5, 0.6) is 5.88 Å². The van der Waals surface area contributed by atoms with Crippen LogP contribution in [0.1, 0.15) is 53.9 Å². The summed E-state index contributed by atoms with van der Waals surface area (Å²) in [4.78, 5) is 34.0. The number of aromatic carboxylic acids is 1. The molecule has 0 saturated carbocycles. The quantitative estimate of drug-likeness (QED) is 0.322. The van der Waals surface area contributed by atoms with Crippen LogP contribution in [-0.4, -0.2) is 37.3 Å². The molecule has 0 saturated heterocycles. The van der Waals surface area contributed by atoms with Crippen LogP contribution in [0.2, 0.25) is 5.02 Å². The molecule has 0 aliphatic carbocycles. The molecule has 0 aliphatic rings. The van der Waals surface area contributed by atoms with Gasteiger partial charge in [-0.3, -0.25) is 9.78 Å². The number of ether oxygens (including phenoxy) is 1. The molecule has 4 aromatic rings. The van der Waals surface area contributed by atoms with Crippen molar-refractivity contribution in [1.82, 2.24) is 14.5 Å². The van der Waals surface area contributed by atoms with E-state index in [1.54, 1.807) is 30.6 Å². The second kappa shape index (κ2) is 10.9. The molecule has 3 heterocycles. The molecule has 1 atom stereocenters. The first-order valence-electron chi connectivity index (χ1n) is 11.9. The maximum absolute atomic E-state index is 14.8. The Kier molecular flexibility index (Phi) is 7.80. The van der Waals surface area contributed by atoms with Gasteiger partial charge < -0.3 is 19.5 Å². The fourth-order valence-corrected chi connectivity index (χ4v) is 4.44. The minimum atomic E-state index is -1.41. The first-order chi connectivity index (χ1) is 18.0. The van der Waals surface area contributed by atoms with Gasteiger partial charge in [0.15, 0.2) is 0 Å². The zero-order valence-corrected chi connectivity index (χ0v) is 21.9. The van der Waals surface area contributed by atoms with Crippen LogP contribution in [-0.2, 0) is 13.0 Å². The van der Waals surface area contributed by atoms with E-state index in [0.717, 1.165) is 5.56 Å². The van der Waals surface area contributed by atoms with Gasteiger partial charge in [-0.15, -0.1) is 0 Å². The number of aliphatic hydroxyl groups is 1. The molecule has 8 nitrogen and oxygen atoms in total. The summed E-state index contributed by atoms with van der Waals surface area (Å²) in [6.45, 7) is 5.41. The lowest BCUT2D eigenvalue weighted by atomic mass is 9.86. The minimum absolute atomic E-state index is 0.0127. The number of carboxylic acids is 1.